The van der Waals surface area contributed by atoms with Crippen molar-refractivity contribution in [1.82, 2.24) is 20.3 Å². The van der Waals surface area contributed by atoms with Crippen molar-refractivity contribution in [2.24, 2.45) is 5.92 Å². The second-order valence-corrected chi connectivity index (χ2v) is 5.83. The molecule has 0 aliphatic heterocycles. The lowest BCUT2D eigenvalue weighted by molar-refractivity contribution is 0.0819. The molecular weight excluding hydrogens is 287 g/mol. The second kappa shape index (κ2) is 5.49. The Kier molecular flexibility index (Phi) is 3.66. The molecule has 1 fully saturated rings. The maximum Gasteiger partial charge on any atom is 0.273 e. The van der Waals surface area contributed by atoms with Gasteiger partial charge in [0, 0.05) is 0 Å². The van der Waals surface area contributed by atoms with E-state index in [1.54, 1.807) is 12.1 Å². The number of aromatic nitrogens is 3. The topological polar surface area (TPSA) is 80.0 Å². The molecule has 22 heavy (non-hydrogen) atoms. The van der Waals surface area contributed by atoms with E-state index in [2.05, 4.69) is 15.6 Å². The predicted molar refractivity (Wildman–Crippen MR) is 77.0 cm³/mol. The Hall–Kier alpha value is -2.28. The standard InChI is InChI=1S/C15H17FN4O2/c1-15(9-21,10-2-3-10)17-14(22)13-8-20(19-18-13)12-6-4-11(16)5-7-12/h4-8,10,21H,2-3,9H2,1H3,(H,17,22). The van der Waals surface area contributed by atoms with Crippen LogP contribution in [0.5, 0.6) is 0 Å². The van der Waals surface area contributed by atoms with Gasteiger partial charge in [0.25, 0.3) is 5.91 Å². The number of amides is 1. The molecule has 1 amide bonds. The van der Waals surface area contributed by atoms with Gasteiger partial charge >= 0.3 is 0 Å². The zero-order valence-corrected chi connectivity index (χ0v) is 12.2. The number of halogens is 1. The zero-order chi connectivity index (χ0) is 15.7. The van der Waals surface area contributed by atoms with Crippen LogP contribution in [0.3, 0.4) is 0 Å². The third-order valence-corrected chi connectivity index (χ3v) is 4.02. The molecule has 0 bridgehead atoms. The monoisotopic (exact) mass is 304 g/mol. The minimum Gasteiger partial charge on any atom is -0.394 e. The van der Waals surface area contributed by atoms with Crippen molar-refractivity contribution in [2.75, 3.05) is 6.61 Å². The van der Waals surface area contributed by atoms with Gasteiger partial charge in [0.1, 0.15) is 5.82 Å². The van der Waals surface area contributed by atoms with E-state index in [-0.39, 0.29) is 24.0 Å². The van der Waals surface area contributed by atoms with E-state index in [4.69, 9.17) is 0 Å². The molecule has 0 saturated heterocycles. The third-order valence-electron chi connectivity index (χ3n) is 4.02. The fraction of sp³-hybridized carbons (Fsp3) is 0.400. The highest BCUT2D eigenvalue weighted by atomic mass is 19.1. The van der Waals surface area contributed by atoms with Gasteiger partial charge in [-0.2, -0.15) is 0 Å². The number of benzene rings is 1. The van der Waals surface area contributed by atoms with Gasteiger partial charge in [0.05, 0.1) is 24.0 Å². The number of nitrogens with zero attached hydrogens (tertiary/aromatic N) is 3. The Balaban J connectivity index is 1.75. The van der Waals surface area contributed by atoms with Crippen LogP contribution < -0.4 is 5.32 Å². The first-order valence-electron chi connectivity index (χ1n) is 7.13. The smallest absolute Gasteiger partial charge is 0.273 e. The molecule has 1 saturated carbocycles. The number of carbonyl (C=O) groups excluding carboxylic acids is 1. The summed E-state index contributed by atoms with van der Waals surface area (Å²) in [6.45, 7) is 1.71. The molecule has 1 aromatic carbocycles. The number of carbonyl (C=O) groups is 1. The zero-order valence-electron chi connectivity index (χ0n) is 12.2. The Bertz CT molecular complexity index is 681. The molecule has 1 heterocycles. The van der Waals surface area contributed by atoms with Crippen molar-refractivity contribution in [1.29, 1.82) is 0 Å². The van der Waals surface area contributed by atoms with E-state index in [0.717, 1.165) is 12.8 Å². The summed E-state index contributed by atoms with van der Waals surface area (Å²) < 4.78 is 14.3. The largest absolute Gasteiger partial charge is 0.394 e. The van der Waals surface area contributed by atoms with Gasteiger partial charge < -0.3 is 10.4 Å². The Morgan fingerprint density at radius 3 is 2.73 bits per heavy atom. The van der Waals surface area contributed by atoms with E-state index < -0.39 is 5.54 Å². The van der Waals surface area contributed by atoms with E-state index in [1.807, 2.05) is 6.92 Å². The molecule has 2 N–H and O–H groups in total. The van der Waals surface area contributed by atoms with Crippen molar-refractivity contribution in [3.63, 3.8) is 0 Å². The summed E-state index contributed by atoms with van der Waals surface area (Å²) in [7, 11) is 0. The summed E-state index contributed by atoms with van der Waals surface area (Å²) in [5, 5.41) is 20.1. The molecule has 6 nitrogen and oxygen atoms in total. The van der Waals surface area contributed by atoms with Crippen LogP contribution >= 0.6 is 0 Å². The molecule has 1 aromatic heterocycles. The van der Waals surface area contributed by atoms with Gasteiger partial charge in [0.15, 0.2) is 5.69 Å². The summed E-state index contributed by atoms with van der Waals surface area (Å²) in [6.07, 6.45) is 3.48. The van der Waals surface area contributed by atoms with Gasteiger partial charge in [-0.15, -0.1) is 5.10 Å². The van der Waals surface area contributed by atoms with Crippen LogP contribution in [0.15, 0.2) is 30.5 Å². The normalized spacial score (nSPS) is 17.0. The van der Waals surface area contributed by atoms with Crippen LogP contribution in [0, 0.1) is 11.7 Å². The molecular formula is C15H17FN4O2. The van der Waals surface area contributed by atoms with E-state index in [1.165, 1.54) is 23.0 Å². The molecule has 7 heteroatoms. The van der Waals surface area contributed by atoms with Crippen molar-refractivity contribution >= 4 is 5.91 Å². The fourth-order valence-electron chi connectivity index (χ4n) is 2.40. The van der Waals surface area contributed by atoms with Gasteiger partial charge in [-0.3, -0.25) is 4.79 Å². The molecule has 3 rings (SSSR count). The first-order chi connectivity index (χ1) is 10.5. The lowest BCUT2D eigenvalue weighted by Gasteiger charge is -2.28. The summed E-state index contributed by atoms with van der Waals surface area (Å²) in [5.74, 6) is -0.421. The van der Waals surface area contributed by atoms with Gasteiger partial charge in [-0.05, 0) is 49.9 Å². The number of aliphatic hydroxyl groups excluding tert-OH is 1. The number of aliphatic hydroxyl groups is 1. The van der Waals surface area contributed by atoms with E-state index in [0.29, 0.717) is 11.6 Å². The second-order valence-electron chi connectivity index (χ2n) is 5.83. The first-order valence-corrected chi connectivity index (χ1v) is 7.13. The van der Waals surface area contributed by atoms with Crippen molar-refractivity contribution in [3.05, 3.63) is 42.0 Å². The van der Waals surface area contributed by atoms with Gasteiger partial charge in [0.2, 0.25) is 0 Å². The van der Waals surface area contributed by atoms with Crippen molar-refractivity contribution < 1.29 is 14.3 Å². The molecule has 2 aromatic rings. The van der Waals surface area contributed by atoms with Crippen molar-refractivity contribution in [2.45, 2.75) is 25.3 Å². The van der Waals surface area contributed by atoms with Crippen LogP contribution in [0.25, 0.3) is 5.69 Å². The Morgan fingerprint density at radius 2 is 2.14 bits per heavy atom. The molecule has 0 spiro atoms. The Morgan fingerprint density at radius 1 is 1.45 bits per heavy atom. The molecule has 116 valence electrons. The average molecular weight is 304 g/mol. The van der Waals surface area contributed by atoms with Crippen LogP contribution in [-0.2, 0) is 0 Å². The number of hydrogen-bond acceptors (Lipinski definition) is 4. The highest BCUT2D eigenvalue weighted by Crippen LogP contribution is 2.39. The van der Waals surface area contributed by atoms with Crippen LogP contribution in [-0.4, -0.2) is 38.2 Å². The fourth-order valence-corrected chi connectivity index (χ4v) is 2.40. The lowest BCUT2D eigenvalue weighted by Crippen LogP contribution is -2.50. The summed E-state index contributed by atoms with van der Waals surface area (Å²) >= 11 is 0. The summed E-state index contributed by atoms with van der Waals surface area (Å²) in [4.78, 5) is 12.3. The van der Waals surface area contributed by atoms with Crippen LogP contribution in [0.2, 0.25) is 0 Å². The van der Waals surface area contributed by atoms with Gasteiger partial charge in [-0.1, -0.05) is 5.21 Å². The Labute approximate surface area is 127 Å². The molecule has 1 atom stereocenters. The predicted octanol–water partition coefficient (Wildman–Crippen LogP) is 1.30. The molecule has 0 radical (unpaired) electrons. The maximum absolute atomic E-state index is 12.9. The molecule has 1 aliphatic carbocycles. The first kappa shape index (κ1) is 14.6. The number of rotatable bonds is 5. The van der Waals surface area contributed by atoms with Gasteiger partial charge in [-0.25, -0.2) is 9.07 Å². The third kappa shape index (κ3) is 2.85. The van der Waals surface area contributed by atoms with E-state index >= 15 is 0 Å². The lowest BCUT2D eigenvalue weighted by atomic mass is 9.97. The SMILES string of the molecule is CC(CO)(NC(=O)c1cn(-c2ccc(F)cc2)nn1)C1CC1. The summed E-state index contributed by atoms with van der Waals surface area (Å²) in [6, 6.07) is 5.72. The maximum atomic E-state index is 12.9. The number of hydrogen-bond donors (Lipinski definition) is 2. The van der Waals surface area contributed by atoms with E-state index in [9.17, 15) is 14.3 Å². The van der Waals surface area contributed by atoms with Crippen molar-refractivity contribution in [3.8, 4) is 5.69 Å². The quantitative estimate of drug-likeness (QED) is 0.872. The highest BCUT2D eigenvalue weighted by Gasteiger charge is 2.42. The molecule has 1 aliphatic rings. The number of nitrogens with one attached hydrogen (secondary N) is 1. The van der Waals surface area contributed by atoms with Crippen LogP contribution in [0.4, 0.5) is 4.39 Å². The highest BCUT2D eigenvalue weighted by molar-refractivity contribution is 5.92. The average Bonchev–Trinajstić information content (AvgIpc) is 3.26. The minimum atomic E-state index is -0.628. The minimum absolute atomic E-state index is 0.116. The summed E-state index contributed by atoms with van der Waals surface area (Å²) in [5.41, 5.74) is 0.140. The molecule has 1 unspecified atom stereocenters. The van der Waals surface area contributed by atoms with Crippen LogP contribution in [0.1, 0.15) is 30.3 Å².